The van der Waals surface area contributed by atoms with Gasteiger partial charge in [-0.05, 0) is 30.3 Å². The predicted octanol–water partition coefficient (Wildman–Crippen LogP) is 3.45. The lowest BCUT2D eigenvalue weighted by Crippen LogP contribution is -1.91. The Morgan fingerprint density at radius 1 is 1.35 bits per heavy atom. The van der Waals surface area contributed by atoms with Crippen LogP contribution in [-0.4, -0.2) is 4.98 Å². The Labute approximate surface area is 112 Å². The van der Waals surface area contributed by atoms with E-state index in [1.807, 2.05) is 12.1 Å². The molecule has 2 aromatic rings. The van der Waals surface area contributed by atoms with E-state index in [1.165, 1.54) is 11.8 Å². The van der Waals surface area contributed by atoms with Crippen LogP contribution in [0, 0.1) is 11.3 Å². The number of nitriles is 1. The zero-order valence-electron chi connectivity index (χ0n) is 8.72. The highest BCUT2D eigenvalue weighted by Gasteiger charge is 2.08. The first-order valence-electron chi connectivity index (χ1n) is 4.78. The van der Waals surface area contributed by atoms with Gasteiger partial charge in [-0.25, -0.2) is 4.98 Å². The van der Waals surface area contributed by atoms with Gasteiger partial charge in [0.1, 0.15) is 11.1 Å². The van der Waals surface area contributed by atoms with Gasteiger partial charge >= 0.3 is 0 Å². The first-order chi connectivity index (χ1) is 8.20. The van der Waals surface area contributed by atoms with Crippen LogP contribution in [0.1, 0.15) is 5.56 Å². The second-order valence-corrected chi connectivity index (χ2v) is 5.20. The lowest BCUT2D eigenvalue weighted by molar-refractivity contribution is 1.14. The third kappa shape index (κ3) is 2.78. The number of hydrogen-bond acceptors (Lipinski definition) is 4. The average molecular weight is 306 g/mol. The zero-order valence-corrected chi connectivity index (χ0v) is 11.1. The van der Waals surface area contributed by atoms with Gasteiger partial charge in [0.15, 0.2) is 0 Å². The third-order valence-electron chi connectivity index (χ3n) is 2.07. The molecule has 0 spiro atoms. The summed E-state index contributed by atoms with van der Waals surface area (Å²) in [6.07, 6.45) is 1.68. The number of halogens is 1. The van der Waals surface area contributed by atoms with Crippen LogP contribution in [0.25, 0.3) is 0 Å². The van der Waals surface area contributed by atoms with E-state index in [0.29, 0.717) is 16.3 Å². The summed E-state index contributed by atoms with van der Waals surface area (Å²) in [5, 5.41) is 9.74. The van der Waals surface area contributed by atoms with Gasteiger partial charge in [-0.1, -0.05) is 27.7 Å². The summed E-state index contributed by atoms with van der Waals surface area (Å²) >= 11 is 4.77. The van der Waals surface area contributed by atoms with Gasteiger partial charge in [0.25, 0.3) is 0 Å². The zero-order chi connectivity index (χ0) is 12.3. The number of nitrogens with zero attached hydrogens (tertiary/aromatic N) is 2. The van der Waals surface area contributed by atoms with Gasteiger partial charge in [-0.3, -0.25) is 0 Å². The molecule has 0 aliphatic carbocycles. The Morgan fingerprint density at radius 2 is 2.18 bits per heavy atom. The molecule has 0 saturated carbocycles. The van der Waals surface area contributed by atoms with E-state index < -0.39 is 0 Å². The predicted molar refractivity (Wildman–Crippen MR) is 71.6 cm³/mol. The Bertz CT molecular complexity index is 593. The van der Waals surface area contributed by atoms with E-state index in [4.69, 9.17) is 11.0 Å². The van der Waals surface area contributed by atoms with E-state index in [0.717, 1.165) is 9.37 Å². The first-order valence-corrected chi connectivity index (χ1v) is 6.39. The number of pyridine rings is 1. The average Bonchev–Trinajstić information content (AvgIpc) is 2.32. The van der Waals surface area contributed by atoms with E-state index in [-0.39, 0.29) is 0 Å². The van der Waals surface area contributed by atoms with E-state index in [9.17, 15) is 0 Å². The fourth-order valence-electron chi connectivity index (χ4n) is 1.27. The molecule has 0 bridgehead atoms. The fraction of sp³-hybridized carbons (Fsp3) is 0. The Kier molecular flexibility index (Phi) is 3.67. The van der Waals surface area contributed by atoms with Crippen molar-refractivity contribution >= 4 is 33.4 Å². The van der Waals surface area contributed by atoms with Gasteiger partial charge in [0, 0.05) is 15.6 Å². The standard InChI is InChI=1S/C12H8BrN3S/c13-9-4-3-8(7-14)11(6-9)17-12-10(15)2-1-5-16-12/h1-6H,15H2. The minimum Gasteiger partial charge on any atom is -0.397 e. The van der Waals surface area contributed by atoms with Crippen LogP contribution < -0.4 is 5.73 Å². The van der Waals surface area contributed by atoms with Crippen LogP contribution in [-0.2, 0) is 0 Å². The molecule has 2 rings (SSSR count). The maximum Gasteiger partial charge on any atom is 0.124 e. The molecule has 84 valence electrons. The molecule has 0 aliphatic rings. The molecule has 0 saturated heterocycles. The van der Waals surface area contributed by atoms with Crippen molar-refractivity contribution in [3.05, 3.63) is 46.6 Å². The van der Waals surface area contributed by atoms with Gasteiger partial charge in [-0.2, -0.15) is 5.26 Å². The molecule has 5 heteroatoms. The van der Waals surface area contributed by atoms with E-state index in [1.54, 1.807) is 24.4 Å². The normalized spacial score (nSPS) is 9.88. The summed E-state index contributed by atoms with van der Waals surface area (Å²) in [5.74, 6) is 0. The summed E-state index contributed by atoms with van der Waals surface area (Å²) in [7, 11) is 0. The monoisotopic (exact) mass is 305 g/mol. The Morgan fingerprint density at radius 3 is 2.88 bits per heavy atom. The topological polar surface area (TPSA) is 62.7 Å². The van der Waals surface area contributed by atoms with Gasteiger partial charge in [0.05, 0.1) is 11.3 Å². The van der Waals surface area contributed by atoms with Crippen molar-refractivity contribution < 1.29 is 0 Å². The highest BCUT2D eigenvalue weighted by Crippen LogP contribution is 2.33. The largest absolute Gasteiger partial charge is 0.397 e. The molecular weight excluding hydrogens is 298 g/mol. The minimum atomic E-state index is 0.612. The van der Waals surface area contributed by atoms with Crippen LogP contribution in [0.3, 0.4) is 0 Å². The Balaban J connectivity index is 2.40. The van der Waals surface area contributed by atoms with Crippen LogP contribution in [0.4, 0.5) is 5.69 Å². The molecule has 1 aromatic heterocycles. The highest BCUT2D eigenvalue weighted by molar-refractivity contribution is 9.10. The van der Waals surface area contributed by atoms with Gasteiger partial charge in [0.2, 0.25) is 0 Å². The third-order valence-corrected chi connectivity index (χ3v) is 3.66. The summed E-state index contributed by atoms with van der Waals surface area (Å²) in [6.45, 7) is 0. The molecule has 0 aliphatic heterocycles. The Hall–Kier alpha value is -1.51. The number of aromatic nitrogens is 1. The molecule has 2 N–H and O–H groups in total. The number of benzene rings is 1. The van der Waals surface area contributed by atoms with Crippen molar-refractivity contribution in [2.75, 3.05) is 5.73 Å². The second-order valence-electron chi connectivity index (χ2n) is 3.25. The van der Waals surface area contributed by atoms with Crippen molar-refractivity contribution in [3.8, 4) is 6.07 Å². The van der Waals surface area contributed by atoms with Gasteiger partial charge < -0.3 is 5.73 Å². The summed E-state index contributed by atoms with van der Waals surface area (Å²) in [6, 6.07) is 11.2. The number of nitrogens with two attached hydrogens (primary N) is 1. The van der Waals surface area contributed by atoms with Crippen molar-refractivity contribution in [2.45, 2.75) is 9.92 Å². The highest BCUT2D eigenvalue weighted by atomic mass is 79.9. The van der Waals surface area contributed by atoms with Crippen molar-refractivity contribution in [1.82, 2.24) is 4.98 Å². The quantitative estimate of drug-likeness (QED) is 0.923. The van der Waals surface area contributed by atoms with Crippen LogP contribution in [0.5, 0.6) is 0 Å². The smallest absolute Gasteiger partial charge is 0.124 e. The molecule has 0 unspecified atom stereocenters. The first kappa shape index (κ1) is 12.0. The van der Waals surface area contributed by atoms with Crippen molar-refractivity contribution in [1.29, 1.82) is 5.26 Å². The van der Waals surface area contributed by atoms with E-state index >= 15 is 0 Å². The number of rotatable bonds is 2. The maximum absolute atomic E-state index is 9.03. The van der Waals surface area contributed by atoms with Crippen molar-refractivity contribution in [3.63, 3.8) is 0 Å². The minimum absolute atomic E-state index is 0.612. The fourth-order valence-corrected chi connectivity index (χ4v) is 2.70. The molecule has 1 aromatic carbocycles. The number of anilines is 1. The molecule has 17 heavy (non-hydrogen) atoms. The molecule has 0 amide bonds. The summed E-state index contributed by atoms with van der Waals surface area (Å²) in [4.78, 5) is 5.03. The second kappa shape index (κ2) is 5.21. The SMILES string of the molecule is N#Cc1ccc(Br)cc1Sc1ncccc1N. The van der Waals surface area contributed by atoms with Crippen molar-refractivity contribution in [2.24, 2.45) is 0 Å². The number of nitrogen functional groups attached to an aromatic ring is 1. The summed E-state index contributed by atoms with van der Waals surface area (Å²) < 4.78 is 0.925. The number of hydrogen-bond donors (Lipinski definition) is 1. The molecule has 0 atom stereocenters. The van der Waals surface area contributed by atoms with Crippen LogP contribution in [0.15, 0.2) is 50.9 Å². The van der Waals surface area contributed by atoms with Gasteiger partial charge in [-0.15, -0.1) is 0 Å². The molecule has 3 nitrogen and oxygen atoms in total. The van der Waals surface area contributed by atoms with Crippen LogP contribution >= 0.6 is 27.7 Å². The van der Waals surface area contributed by atoms with Crippen LogP contribution in [0.2, 0.25) is 0 Å². The molecule has 0 radical (unpaired) electrons. The van der Waals surface area contributed by atoms with E-state index in [2.05, 4.69) is 27.0 Å². The lowest BCUT2D eigenvalue weighted by Gasteiger charge is -2.05. The maximum atomic E-state index is 9.03. The molecule has 1 heterocycles. The molecular formula is C12H8BrN3S. The summed E-state index contributed by atoms with van der Waals surface area (Å²) in [5.41, 5.74) is 7.05. The lowest BCUT2D eigenvalue weighted by atomic mass is 10.2. The molecule has 0 fully saturated rings.